The summed E-state index contributed by atoms with van der Waals surface area (Å²) in [5, 5.41) is 9.82. The van der Waals surface area contributed by atoms with Crippen molar-refractivity contribution in [3.63, 3.8) is 0 Å². The Hall–Kier alpha value is -3.34. The van der Waals surface area contributed by atoms with Crippen LogP contribution in [0.15, 0.2) is 76.5 Å². The van der Waals surface area contributed by atoms with E-state index in [2.05, 4.69) is 11.8 Å². The number of aliphatic hydroxyl groups excluding tert-OH is 1. The number of hydrogen-bond donors (Lipinski definition) is 1. The van der Waals surface area contributed by atoms with Crippen LogP contribution in [0, 0.1) is 29.4 Å². The Morgan fingerprint density at radius 3 is 2.41 bits per heavy atom. The molecule has 0 radical (unpaired) electrons. The second kappa shape index (κ2) is 12.3. The lowest BCUT2D eigenvalue weighted by molar-refractivity contribution is 0.0904. The lowest BCUT2D eigenvalue weighted by Crippen LogP contribution is -2.50. The van der Waals surface area contributed by atoms with E-state index in [1.807, 2.05) is 0 Å². The third-order valence-electron chi connectivity index (χ3n) is 6.80. The van der Waals surface area contributed by atoms with E-state index in [9.17, 15) is 30.7 Å². The van der Waals surface area contributed by atoms with Crippen molar-refractivity contribution in [3.05, 3.63) is 89.5 Å². The minimum absolute atomic E-state index is 0.0561. The third kappa shape index (κ3) is 6.60. The number of halogens is 2. The highest BCUT2D eigenvalue weighted by Gasteiger charge is 2.39. The van der Waals surface area contributed by atoms with Gasteiger partial charge in [-0.05, 0) is 55.5 Å². The van der Waals surface area contributed by atoms with Gasteiger partial charge in [0.25, 0.3) is 0 Å². The number of sulfonamides is 2. The van der Waals surface area contributed by atoms with E-state index in [-0.39, 0.29) is 23.7 Å². The quantitative estimate of drug-likeness (QED) is 0.433. The van der Waals surface area contributed by atoms with Crippen LogP contribution < -0.4 is 4.74 Å². The van der Waals surface area contributed by atoms with Gasteiger partial charge in [-0.15, -0.1) is 0 Å². The van der Waals surface area contributed by atoms with E-state index in [4.69, 9.17) is 4.74 Å². The predicted molar refractivity (Wildman–Crippen MR) is 149 cm³/mol. The summed E-state index contributed by atoms with van der Waals surface area (Å²) in [6.07, 6.45) is -0.865. The lowest BCUT2D eigenvalue weighted by atomic mass is 10.0. The second-order valence-electron chi connectivity index (χ2n) is 9.88. The summed E-state index contributed by atoms with van der Waals surface area (Å²) in [6.45, 7) is 2.54. The van der Waals surface area contributed by atoms with E-state index >= 15 is 0 Å². The monoisotopic (exact) mass is 604 g/mol. The van der Waals surface area contributed by atoms with Crippen LogP contribution in [0.25, 0.3) is 0 Å². The number of ether oxygens (including phenoxy) is 1. The van der Waals surface area contributed by atoms with E-state index < -0.39 is 61.2 Å². The Morgan fingerprint density at radius 2 is 1.76 bits per heavy atom. The van der Waals surface area contributed by atoms with Crippen LogP contribution in [0.4, 0.5) is 8.78 Å². The van der Waals surface area contributed by atoms with Crippen molar-refractivity contribution < 1.29 is 35.5 Å². The van der Waals surface area contributed by atoms with Gasteiger partial charge in [-0.2, -0.15) is 8.61 Å². The fraction of sp³-hybridized carbons (Fsp3) is 0.310. The van der Waals surface area contributed by atoms with Gasteiger partial charge in [-0.25, -0.2) is 25.6 Å². The fourth-order valence-electron chi connectivity index (χ4n) is 4.41. The SMILES string of the molecule is C[C@@H]1CN([C@H](C)CO)S(=O)(=O)c2ccc(C#Cc3cccc(F)c3)cc2O[C@H]1CN(C)S(=O)(=O)c1ccccc1F. The van der Waals surface area contributed by atoms with Crippen LogP contribution in [0.5, 0.6) is 5.75 Å². The zero-order valence-electron chi connectivity index (χ0n) is 22.7. The highest BCUT2D eigenvalue weighted by Crippen LogP contribution is 2.34. The van der Waals surface area contributed by atoms with Gasteiger partial charge in [-0.1, -0.05) is 37.0 Å². The highest BCUT2D eigenvalue weighted by atomic mass is 32.2. The Balaban J connectivity index is 1.76. The van der Waals surface area contributed by atoms with Gasteiger partial charge in [-0.3, -0.25) is 0 Å². The molecule has 3 atom stereocenters. The molecule has 0 aromatic heterocycles. The first-order valence-corrected chi connectivity index (χ1v) is 15.6. The zero-order chi connectivity index (χ0) is 29.9. The van der Waals surface area contributed by atoms with Gasteiger partial charge in [0.15, 0.2) is 0 Å². The molecule has 3 aromatic rings. The van der Waals surface area contributed by atoms with Gasteiger partial charge in [0.05, 0.1) is 13.2 Å². The normalized spacial score (nSPS) is 19.7. The average molecular weight is 605 g/mol. The molecule has 1 N–H and O–H groups in total. The molecule has 218 valence electrons. The van der Waals surface area contributed by atoms with Crippen molar-refractivity contribution >= 4 is 20.0 Å². The molecular weight excluding hydrogens is 574 g/mol. The first kappa shape index (κ1) is 30.6. The molecule has 12 heteroatoms. The molecule has 4 rings (SSSR count). The molecule has 0 unspecified atom stereocenters. The van der Waals surface area contributed by atoms with Crippen molar-refractivity contribution in [2.75, 3.05) is 26.7 Å². The van der Waals surface area contributed by atoms with Crippen molar-refractivity contribution in [3.8, 4) is 17.6 Å². The van der Waals surface area contributed by atoms with E-state index in [1.54, 1.807) is 19.9 Å². The van der Waals surface area contributed by atoms with Crippen LogP contribution >= 0.6 is 0 Å². The molecule has 0 saturated carbocycles. The predicted octanol–water partition coefficient (Wildman–Crippen LogP) is 3.45. The van der Waals surface area contributed by atoms with Gasteiger partial charge in [0, 0.05) is 36.7 Å². The minimum Gasteiger partial charge on any atom is -0.487 e. The number of nitrogens with zero attached hydrogens (tertiary/aromatic N) is 2. The molecule has 41 heavy (non-hydrogen) atoms. The summed E-state index contributed by atoms with van der Waals surface area (Å²) < 4.78 is 90.0. The summed E-state index contributed by atoms with van der Waals surface area (Å²) in [7, 11) is -7.09. The maximum atomic E-state index is 14.4. The average Bonchev–Trinajstić information content (AvgIpc) is 2.93. The standard InChI is InChI=1S/C29H30F2N2O6S2/c1-20-17-33(21(2)19-34)41(37,38)29-14-13-23(12-11-22-7-6-8-24(30)15-22)16-26(29)39-27(20)18-32(3)40(35,36)28-10-5-4-9-25(28)31/h4-10,13-16,20-21,27,34H,17-19H2,1-3H3/t20-,21-,27+/m1/s1. The lowest BCUT2D eigenvalue weighted by Gasteiger charge is -2.37. The summed E-state index contributed by atoms with van der Waals surface area (Å²) in [4.78, 5) is -0.667. The molecule has 1 heterocycles. The van der Waals surface area contributed by atoms with Crippen molar-refractivity contribution in [1.82, 2.24) is 8.61 Å². The van der Waals surface area contributed by atoms with E-state index in [0.717, 1.165) is 14.7 Å². The van der Waals surface area contributed by atoms with Crippen LogP contribution in [0.2, 0.25) is 0 Å². The molecule has 0 spiro atoms. The summed E-state index contributed by atoms with van der Waals surface area (Å²) in [5.41, 5.74) is 0.795. The van der Waals surface area contributed by atoms with Crippen molar-refractivity contribution in [2.45, 2.75) is 35.8 Å². The second-order valence-corrected chi connectivity index (χ2v) is 13.8. The highest BCUT2D eigenvalue weighted by molar-refractivity contribution is 7.89. The van der Waals surface area contributed by atoms with E-state index in [0.29, 0.717) is 11.1 Å². The number of likely N-dealkylation sites (N-methyl/N-ethyl adjacent to an activating group) is 1. The smallest absolute Gasteiger partial charge is 0.247 e. The Bertz CT molecular complexity index is 1700. The van der Waals surface area contributed by atoms with Crippen LogP contribution in [-0.2, 0) is 20.0 Å². The van der Waals surface area contributed by atoms with Gasteiger partial charge < -0.3 is 9.84 Å². The first-order chi connectivity index (χ1) is 19.3. The number of benzene rings is 3. The number of hydrogen-bond acceptors (Lipinski definition) is 6. The van der Waals surface area contributed by atoms with Gasteiger partial charge in [0.1, 0.15) is 33.3 Å². The number of fused-ring (bicyclic) bond motifs is 1. The first-order valence-electron chi connectivity index (χ1n) is 12.8. The van der Waals surface area contributed by atoms with Gasteiger partial charge in [0.2, 0.25) is 20.0 Å². The maximum absolute atomic E-state index is 14.4. The zero-order valence-corrected chi connectivity index (χ0v) is 24.3. The molecule has 8 nitrogen and oxygen atoms in total. The van der Waals surface area contributed by atoms with Gasteiger partial charge >= 0.3 is 0 Å². The molecule has 0 saturated heterocycles. The van der Waals surface area contributed by atoms with E-state index in [1.165, 1.54) is 61.6 Å². The molecule has 0 bridgehead atoms. The molecular formula is C29H30F2N2O6S2. The topological polar surface area (TPSA) is 104 Å². The maximum Gasteiger partial charge on any atom is 0.247 e. The van der Waals surface area contributed by atoms with Crippen molar-refractivity contribution in [1.29, 1.82) is 0 Å². The fourth-order valence-corrected chi connectivity index (χ4v) is 7.47. The summed E-state index contributed by atoms with van der Waals surface area (Å²) in [6, 6.07) is 14.2. The minimum atomic E-state index is -4.25. The van der Waals surface area contributed by atoms with Crippen LogP contribution in [0.1, 0.15) is 25.0 Å². The Kier molecular flexibility index (Phi) is 9.16. The van der Waals surface area contributed by atoms with Crippen LogP contribution in [0.3, 0.4) is 0 Å². The molecule has 0 fully saturated rings. The molecule has 1 aliphatic heterocycles. The molecule has 3 aromatic carbocycles. The Morgan fingerprint density at radius 1 is 1.07 bits per heavy atom. The number of aliphatic hydroxyl groups is 1. The van der Waals surface area contributed by atoms with Crippen LogP contribution in [-0.4, -0.2) is 69.4 Å². The molecule has 0 amide bonds. The molecule has 0 aliphatic carbocycles. The Labute approximate surface area is 239 Å². The third-order valence-corrected chi connectivity index (χ3v) is 10.7. The van der Waals surface area contributed by atoms with Crippen molar-refractivity contribution in [2.24, 2.45) is 5.92 Å². The number of rotatable bonds is 6. The summed E-state index contributed by atoms with van der Waals surface area (Å²) >= 11 is 0. The molecule has 1 aliphatic rings. The largest absolute Gasteiger partial charge is 0.487 e. The summed E-state index contributed by atoms with van der Waals surface area (Å²) in [5.74, 6) is 3.75.